The fourth-order valence-corrected chi connectivity index (χ4v) is 2.28. The zero-order valence-electron chi connectivity index (χ0n) is 8.81. The highest BCUT2D eigenvalue weighted by molar-refractivity contribution is 8.13. The topological polar surface area (TPSA) is 78.3 Å². The van der Waals surface area contributed by atoms with Crippen LogP contribution in [0.5, 0.6) is 0 Å². The van der Waals surface area contributed by atoms with Crippen molar-refractivity contribution in [2.45, 2.75) is 24.8 Å². The van der Waals surface area contributed by atoms with E-state index in [1.807, 2.05) is 0 Å². The molecule has 0 saturated carbocycles. The van der Waals surface area contributed by atoms with Gasteiger partial charge in [0.2, 0.25) is 0 Å². The van der Waals surface area contributed by atoms with Gasteiger partial charge >= 0.3 is 5.97 Å². The fraction of sp³-hybridized carbons (Fsp3) is 0.500. The van der Waals surface area contributed by atoms with E-state index in [4.69, 9.17) is 10.7 Å². The molecule has 1 rings (SSSR count). The maximum atomic E-state index is 11.1. The van der Waals surface area contributed by atoms with Crippen molar-refractivity contribution in [3.05, 3.63) is 11.9 Å². The number of nitrogens with zero attached hydrogens (tertiary/aromatic N) is 2. The van der Waals surface area contributed by atoms with Crippen molar-refractivity contribution in [1.29, 1.82) is 0 Å². The number of carbonyl (C=O) groups is 1. The molecule has 0 amide bonds. The molecule has 8 heteroatoms. The van der Waals surface area contributed by atoms with Crippen molar-refractivity contribution in [3.63, 3.8) is 0 Å². The van der Waals surface area contributed by atoms with Gasteiger partial charge in [-0.05, 0) is 6.92 Å². The van der Waals surface area contributed by atoms with Crippen LogP contribution in [0.3, 0.4) is 0 Å². The molecular formula is C8H11ClN2O4S. The first-order valence-corrected chi connectivity index (χ1v) is 6.71. The molecule has 0 aliphatic heterocycles. The van der Waals surface area contributed by atoms with Crippen LogP contribution in [-0.4, -0.2) is 31.3 Å². The Morgan fingerprint density at radius 2 is 2.25 bits per heavy atom. The van der Waals surface area contributed by atoms with Crippen LogP contribution in [0.25, 0.3) is 0 Å². The van der Waals surface area contributed by atoms with Crippen molar-refractivity contribution in [3.8, 4) is 0 Å². The molecule has 0 fully saturated rings. The van der Waals surface area contributed by atoms with Gasteiger partial charge in [0.15, 0.2) is 0 Å². The van der Waals surface area contributed by atoms with Gasteiger partial charge < -0.3 is 4.74 Å². The Morgan fingerprint density at radius 3 is 2.69 bits per heavy atom. The van der Waals surface area contributed by atoms with Crippen LogP contribution in [0.15, 0.2) is 11.1 Å². The van der Waals surface area contributed by atoms with E-state index in [1.165, 1.54) is 11.8 Å². The lowest BCUT2D eigenvalue weighted by molar-refractivity contribution is -0.140. The van der Waals surface area contributed by atoms with Crippen molar-refractivity contribution >= 4 is 25.7 Å². The van der Waals surface area contributed by atoms with E-state index < -0.39 is 9.05 Å². The predicted molar refractivity (Wildman–Crippen MR) is 56.6 cm³/mol. The number of aryl methyl sites for hydroxylation is 1. The number of ether oxygens (including phenoxy) is 1. The first-order valence-electron chi connectivity index (χ1n) is 4.40. The Morgan fingerprint density at radius 1 is 1.62 bits per heavy atom. The molecule has 0 saturated heterocycles. The van der Waals surface area contributed by atoms with Gasteiger partial charge in [-0.15, -0.1) is 0 Å². The van der Waals surface area contributed by atoms with E-state index in [0.717, 1.165) is 6.20 Å². The minimum atomic E-state index is -3.78. The molecule has 0 bridgehead atoms. The number of rotatable bonds is 4. The van der Waals surface area contributed by atoms with Crippen molar-refractivity contribution in [2.75, 3.05) is 7.11 Å². The average molecular weight is 267 g/mol. The Labute approximate surface area is 97.6 Å². The number of aromatic nitrogens is 2. The van der Waals surface area contributed by atoms with E-state index in [-0.39, 0.29) is 23.8 Å². The van der Waals surface area contributed by atoms with E-state index in [0.29, 0.717) is 5.69 Å². The summed E-state index contributed by atoms with van der Waals surface area (Å²) >= 11 is 0. The minimum absolute atomic E-state index is 0.0426. The Kier molecular flexibility index (Phi) is 3.93. The molecule has 0 aromatic carbocycles. The van der Waals surface area contributed by atoms with Gasteiger partial charge in [-0.25, -0.2) is 8.42 Å². The van der Waals surface area contributed by atoms with Gasteiger partial charge in [0.25, 0.3) is 9.05 Å². The second-order valence-corrected chi connectivity index (χ2v) is 5.62. The smallest absolute Gasteiger partial charge is 0.307 e. The second kappa shape index (κ2) is 4.84. The minimum Gasteiger partial charge on any atom is -0.469 e. The van der Waals surface area contributed by atoms with E-state index in [1.54, 1.807) is 6.92 Å². The molecule has 6 nitrogen and oxygen atoms in total. The summed E-state index contributed by atoms with van der Waals surface area (Å²) in [4.78, 5) is 10.8. The third-order valence-corrected chi connectivity index (χ3v) is 3.50. The quantitative estimate of drug-likeness (QED) is 0.592. The van der Waals surface area contributed by atoms with Gasteiger partial charge in [-0.3, -0.25) is 9.48 Å². The molecule has 16 heavy (non-hydrogen) atoms. The number of halogens is 1. The number of hydrogen-bond donors (Lipinski definition) is 0. The molecule has 0 unspecified atom stereocenters. The van der Waals surface area contributed by atoms with E-state index >= 15 is 0 Å². The standard InChI is InChI=1S/C8H11ClN2O4S/c1-6-7(16(9,13)14)5-10-11(6)4-3-8(12)15-2/h5H,3-4H2,1-2H3. The van der Waals surface area contributed by atoms with Crippen LogP contribution < -0.4 is 0 Å². The third-order valence-electron chi connectivity index (χ3n) is 2.08. The van der Waals surface area contributed by atoms with Gasteiger partial charge in [-0.1, -0.05) is 0 Å². The summed E-state index contributed by atoms with van der Waals surface area (Å²) in [5.74, 6) is -0.384. The monoisotopic (exact) mass is 266 g/mol. The molecule has 0 spiro atoms. The highest BCUT2D eigenvalue weighted by atomic mass is 35.7. The van der Waals surface area contributed by atoms with Crippen molar-refractivity contribution < 1.29 is 17.9 Å². The molecule has 0 N–H and O–H groups in total. The molecule has 0 aliphatic carbocycles. The normalized spacial score (nSPS) is 11.4. The molecule has 0 aliphatic rings. The van der Waals surface area contributed by atoms with E-state index in [2.05, 4.69) is 9.84 Å². The summed E-state index contributed by atoms with van der Waals surface area (Å²) in [7, 11) is 2.69. The molecule has 0 radical (unpaired) electrons. The van der Waals surface area contributed by atoms with Crippen LogP contribution in [0, 0.1) is 6.92 Å². The van der Waals surface area contributed by atoms with Crippen LogP contribution in [0.4, 0.5) is 0 Å². The second-order valence-electron chi connectivity index (χ2n) is 3.08. The molecule has 1 aromatic heterocycles. The summed E-state index contributed by atoms with van der Waals surface area (Å²) in [5.41, 5.74) is 0.402. The lowest BCUT2D eigenvalue weighted by Crippen LogP contribution is -2.09. The Bertz CT molecular complexity index is 494. The van der Waals surface area contributed by atoms with Crippen molar-refractivity contribution in [2.24, 2.45) is 0 Å². The Balaban J connectivity index is 2.85. The SMILES string of the molecule is COC(=O)CCn1ncc(S(=O)(=O)Cl)c1C. The lowest BCUT2D eigenvalue weighted by Gasteiger charge is -2.03. The highest BCUT2D eigenvalue weighted by Crippen LogP contribution is 2.18. The zero-order valence-corrected chi connectivity index (χ0v) is 10.4. The first kappa shape index (κ1) is 13.0. The summed E-state index contributed by atoms with van der Waals surface area (Å²) in [6.07, 6.45) is 1.29. The highest BCUT2D eigenvalue weighted by Gasteiger charge is 2.18. The fourth-order valence-electron chi connectivity index (χ4n) is 1.19. The van der Waals surface area contributed by atoms with Crippen LogP contribution in [-0.2, 0) is 25.1 Å². The van der Waals surface area contributed by atoms with Gasteiger partial charge in [0, 0.05) is 10.7 Å². The van der Waals surface area contributed by atoms with Crippen LogP contribution >= 0.6 is 10.7 Å². The zero-order chi connectivity index (χ0) is 12.3. The molecule has 1 heterocycles. The van der Waals surface area contributed by atoms with Gasteiger partial charge in [-0.2, -0.15) is 5.10 Å². The summed E-state index contributed by atoms with van der Waals surface area (Å²) < 4.78 is 28.0. The predicted octanol–water partition coefficient (Wildman–Crippen LogP) is 0.682. The summed E-state index contributed by atoms with van der Waals surface area (Å²) in [5, 5.41) is 3.83. The molecule has 90 valence electrons. The molecular weight excluding hydrogens is 256 g/mol. The summed E-state index contributed by atoms with van der Waals surface area (Å²) in [6.45, 7) is 1.82. The maximum absolute atomic E-state index is 11.1. The van der Waals surface area contributed by atoms with Crippen LogP contribution in [0.1, 0.15) is 12.1 Å². The summed E-state index contributed by atoms with van der Waals surface area (Å²) in [6, 6.07) is 0. The first-order chi connectivity index (χ1) is 7.36. The Hall–Kier alpha value is -1.08. The number of carbonyl (C=O) groups excluding carboxylic acids is 1. The largest absolute Gasteiger partial charge is 0.469 e. The molecule has 1 aromatic rings. The van der Waals surface area contributed by atoms with Crippen LogP contribution in [0.2, 0.25) is 0 Å². The maximum Gasteiger partial charge on any atom is 0.307 e. The van der Waals surface area contributed by atoms with Crippen molar-refractivity contribution in [1.82, 2.24) is 9.78 Å². The van der Waals surface area contributed by atoms with Gasteiger partial charge in [0.05, 0.1) is 32.0 Å². The lowest BCUT2D eigenvalue weighted by atomic mass is 10.4. The average Bonchev–Trinajstić information content (AvgIpc) is 2.55. The number of esters is 1. The number of methoxy groups -OCH3 is 1. The number of hydrogen-bond acceptors (Lipinski definition) is 5. The molecule has 0 atom stereocenters. The third kappa shape index (κ3) is 2.96. The van der Waals surface area contributed by atoms with Gasteiger partial charge in [0.1, 0.15) is 4.90 Å². The van der Waals surface area contributed by atoms with E-state index in [9.17, 15) is 13.2 Å².